The number of rotatable bonds is 12. The molecule has 0 aliphatic heterocycles. The zero-order chi connectivity index (χ0) is 26.8. The molecule has 9 heteroatoms. The van der Waals surface area contributed by atoms with Crippen LogP contribution in [0, 0.1) is 10.1 Å². The van der Waals surface area contributed by atoms with Crippen molar-refractivity contribution < 1.29 is 14.5 Å². The van der Waals surface area contributed by atoms with Crippen LogP contribution in [0.25, 0.3) is 0 Å². The molecular formula is C28H30BrN3O4S. The Bertz CT molecular complexity index is 1210. The summed E-state index contributed by atoms with van der Waals surface area (Å²) in [6, 6.07) is 23.0. The van der Waals surface area contributed by atoms with Gasteiger partial charge in [-0.1, -0.05) is 70.5 Å². The van der Waals surface area contributed by atoms with Gasteiger partial charge in [0, 0.05) is 41.4 Å². The molecular weight excluding hydrogens is 554 g/mol. The maximum atomic E-state index is 13.6. The summed E-state index contributed by atoms with van der Waals surface area (Å²) in [6.07, 6.45) is 0.395. The minimum atomic E-state index is -0.684. The molecule has 0 heterocycles. The van der Waals surface area contributed by atoms with Crippen LogP contribution in [0.4, 0.5) is 5.69 Å². The van der Waals surface area contributed by atoms with Gasteiger partial charge in [0.25, 0.3) is 5.69 Å². The molecule has 1 atom stereocenters. The second-order valence-corrected chi connectivity index (χ2v) is 10.8. The van der Waals surface area contributed by atoms with Crippen molar-refractivity contribution in [1.82, 2.24) is 10.2 Å². The number of thioether (sulfide) groups is 1. The van der Waals surface area contributed by atoms with E-state index >= 15 is 0 Å². The predicted molar refractivity (Wildman–Crippen MR) is 151 cm³/mol. The van der Waals surface area contributed by atoms with Crippen LogP contribution in [0.3, 0.4) is 0 Å². The summed E-state index contributed by atoms with van der Waals surface area (Å²) in [5, 5.41) is 13.9. The molecule has 2 amide bonds. The Morgan fingerprint density at radius 3 is 2.27 bits per heavy atom. The van der Waals surface area contributed by atoms with Crippen molar-refractivity contribution in [1.29, 1.82) is 0 Å². The molecule has 194 valence electrons. The van der Waals surface area contributed by atoms with Crippen LogP contribution in [0.2, 0.25) is 0 Å². The number of benzene rings is 3. The Balaban J connectivity index is 1.82. The highest BCUT2D eigenvalue weighted by atomic mass is 79.9. The van der Waals surface area contributed by atoms with E-state index in [4.69, 9.17) is 0 Å². The quantitative estimate of drug-likeness (QED) is 0.216. The number of carbonyl (C=O) groups is 2. The Morgan fingerprint density at radius 2 is 1.65 bits per heavy atom. The Morgan fingerprint density at radius 1 is 0.973 bits per heavy atom. The second kappa shape index (κ2) is 13.9. The van der Waals surface area contributed by atoms with E-state index in [1.54, 1.807) is 17.0 Å². The van der Waals surface area contributed by atoms with E-state index in [2.05, 4.69) is 21.2 Å². The highest BCUT2D eigenvalue weighted by molar-refractivity contribution is 9.10. The molecule has 0 saturated carbocycles. The number of nitrogens with zero attached hydrogens (tertiary/aromatic N) is 2. The summed E-state index contributed by atoms with van der Waals surface area (Å²) in [5.41, 5.74) is 2.81. The van der Waals surface area contributed by atoms with E-state index in [1.165, 1.54) is 23.9 Å². The summed E-state index contributed by atoms with van der Waals surface area (Å²) in [5.74, 6) is 0.357. The minimum absolute atomic E-state index is 0.0324. The maximum Gasteiger partial charge on any atom is 0.269 e. The topological polar surface area (TPSA) is 92.6 Å². The third-order valence-electron chi connectivity index (χ3n) is 5.59. The number of hydrogen-bond acceptors (Lipinski definition) is 5. The van der Waals surface area contributed by atoms with Crippen molar-refractivity contribution in [3.63, 3.8) is 0 Å². The third-order valence-corrected chi connectivity index (χ3v) is 7.07. The lowest BCUT2D eigenvalue weighted by atomic mass is 10.0. The lowest BCUT2D eigenvalue weighted by Gasteiger charge is -2.32. The van der Waals surface area contributed by atoms with Crippen LogP contribution in [-0.4, -0.2) is 39.5 Å². The van der Waals surface area contributed by atoms with Crippen molar-refractivity contribution >= 4 is 45.2 Å². The first-order chi connectivity index (χ1) is 17.7. The van der Waals surface area contributed by atoms with Crippen LogP contribution in [0.15, 0.2) is 83.3 Å². The Hall–Kier alpha value is -3.17. The summed E-state index contributed by atoms with van der Waals surface area (Å²) >= 11 is 4.91. The molecule has 37 heavy (non-hydrogen) atoms. The number of non-ortho nitro benzene ring substituents is 1. The van der Waals surface area contributed by atoms with Gasteiger partial charge in [0.1, 0.15) is 6.04 Å². The Labute approximate surface area is 229 Å². The molecule has 0 spiro atoms. The summed E-state index contributed by atoms with van der Waals surface area (Å²) in [4.78, 5) is 39.1. The normalized spacial score (nSPS) is 11.7. The molecule has 0 aliphatic rings. The minimum Gasteiger partial charge on any atom is -0.352 e. The van der Waals surface area contributed by atoms with E-state index in [0.717, 1.165) is 21.2 Å². The standard InChI is InChI=1S/C28H30BrN3O4S/c1-20(2)30-28(34)26(16-21-7-4-3-5-8-21)31(17-23-9-6-10-24(29)15-23)27(33)19-37-18-22-11-13-25(14-12-22)32(35)36/h3-15,20,26H,16-19H2,1-2H3,(H,30,34)/t26-/m0/s1. The number of hydrogen-bond donors (Lipinski definition) is 1. The van der Waals surface area contributed by atoms with Gasteiger partial charge >= 0.3 is 0 Å². The van der Waals surface area contributed by atoms with Gasteiger partial charge < -0.3 is 10.2 Å². The molecule has 1 N–H and O–H groups in total. The molecule has 0 radical (unpaired) electrons. The van der Waals surface area contributed by atoms with Crippen molar-refractivity contribution in [3.05, 3.63) is 110 Å². The zero-order valence-electron chi connectivity index (χ0n) is 20.8. The van der Waals surface area contributed by atoms with Gasteiger partial charge in [-0.2, -0.15) is 0 Å². The van der Waals surface area contributed by atoms with Gasteiger partial charge in [0.15, 0.2) is 0 Å². The van der Waals surface area contributed by atoms with Gasteiger partial charge in [0.2, 0.25) is 11.8 Å². The van der Waals surface area contributed by atoms with Crippen molar-refractivity contribution in [3.8, 4) is 0 Å². The first-order valence-electron chi connectivity index (χ1n) is 11.9. The number of halogens is 1. The largest absolute Gasteiger partial charge is 0.352 e. The lowest BCUT2D eigenvalue weighted by molar-refractivity contribution is -0.384. The van der Waals surface area contributed by atoms with E-state index in [9.17, 15) is 19.7 Å². The average molecular weight is 585 g/mol. The lowest BCUT2D eigenvalue weighted by Crippen LogP contribution is -2.52. The number of nitro benzene ring substituents is 1. The monoisotopic (exact) mass is 583 g/mol. The number of amides is 2. The van der Waals surface area contributed by atoms with Crippen LogP contribution in [0.1, 0.15) is 30.5 Å². The summed E-state index contributed by atoms with van der Waals surface area (Å²) < 4.78 is 0.899. The van der Waals surface area contributed by atoms with E-state index in [1.807, 2.05) is 68.4 Å². The zero-order valence-corrected chi connectivity index (χ0v) is 23.2. The number of nitrogens with one attached hydrogen (secondary N) is 1. The van der Waals surface area contributed by atoms with Gasteiger partial charge in [-0.05, 0) is 42.7 Å². The van der Waals surface area contributed by atoms with Crippen LogP contribution >= 0.6 is 27.7 Å². The third kappa shape index (κ3) is 9.02. The molecule has 0 unspecified atom stereocenters. The summed E-state index contributed by atoms with van der Waals surface area (Å²) in [7, 11) is 0. The number of nitro groups is 1. The predicted octanol–water partition coefficient (Wildman–Crippen LogP) is 5.76. The first kappa shape index (κ1) is 28.4. The second-order valence-electron chi connectivity index (χ2n) is 8.94. The highest BCUT2D eigenvalue weighted by Gasteiger charge is 2.30. The fraction of sp³-hybridized carbons (Fsp3) is 0.286. The van der Waals surface area contributed by atoms with E-state index in [-0.39, 0.29) is 29.3 Å². The first-order valence-corrected chi connectivity index (χ1v) is 13.9. The Kier molecular flexibility index (Phi) is 10.7. The summed E-state index contributed by atoms with van der Waals surface area (Å²) in [6.45, 7) is 4.09. The SMILES string of the molecule is CC(C)NC(=O)[C@H](Cc1ccccc1)N(Cc1cccc(Br)c1)C(=O)CSCc1ccc([N+](=O)[O-])cc1. The van der Waals surface area contributed by atoms with Gasteiger partial charge in [0.05, 0.1) is 10.7 Å². The molecule has 3 aromatic carbocycles. The molecule has 3 aromatic rings. The molecule has 3 rings (SSSR count). The van der Waals surface area contributed by atoms with Crippen LogP contribution in [-0.2, 0) is 28.3 Å². The maximum absolute atomic E-state index is 13.6. The van der Waals surface area contributed by atoms with Gasteiger partial charge in [-0.25, -0.2) is 0 Å². The fourth-order valence-corrected chi connectivity index (χ4v) is 5.14. The van der Waals surface area contributed by atoms with Crippen LogP contribution in [0.5, 0.6) is 0 Å². The fourth-order valence-electron chi connectivity index (χ4n) is 3.82. The molecule has 0 aromatic heterocycles. The molecule has 0 aliphatic carbocycles. The van der Waals surface area contributed by atoms with Gasteiger partial charge in [-0.15, -0.1) is 11.8 Å². The smallest absolute Gasteiger partial charge is 0.269 e. The molecule has 0 fully saturated rings. The average Bonchev–Trinajstić information content (AvgIpc) is 2.86. The van der Waals surface area contributed by atoms with Crippen LogP contribution < -0.4 is 5.32 Å². The van der Waals surface area contributed by atoms with E-state index in [0.29, 0.717) is 18.7 Å². The molecule has 7 nitrogen and oxygen atoms in total. The molecule has 0 bridgehead atoms. The van der Waals surface area contributed by atoms with Gasteiger partial charge in [-0.3, -0.25) is 19.7 Å². The van der Waals surface area contributed by atoms with E-state index < -0.39 is 11.0 Å². The molecule has 0 saturated heterocycles. The number of carbonyl (C=O) groups excluding carboxylic acids is 2. The van der Waals surface area contributed by atoms with Crippen molar-refractivity contribution in [2.45, 2.75) is 44.6 Å². The highest BCUT2D eigenvalue weighted by Crippen LogP contribution is 2.21. The van der Waals surface area contributed by atoms with Crippen molar-refractivity contribution in [2.75, 3.05) is 5.75 Å². The van der Waals surface area contributed by atoms with Crippen molar-refractivity contribution in [2.24, 2.45) is 0 Å².